The molecule has 0 heterocycles. The van der Waals surface area contributed by atoms with Gasteiger partial charge in [0.25, 0.3) is 0 Å². The van der Waals surface area contributed by atoms with E-state index in [1.807, 2.05) is 0 Å². The van der Waals surface area contributed by atoms with E-state index in [9.17, 15) is 4.79 Å². The van der Waals surface area contributed by atoms with Crippen LogP contribution in [0.15, 0.2) is 4.99 Å². The van der Waals surface area contributed by atoms with E-state index >= 15 is 0 Å². The van der Waals surface area contributed by atoms with Gasteiger partial charge in [-0.05, 0) is 19.8 Å². The molecule has 0 saturated heterocycles. The van der Waals surface area contributed by atoms with E-state index in [2.05, 4.69) is 4.99 Å². The highest BCUT2D eigenvalue weighted by atomic mass is 16.5. The third kappa shape index (κ3) is 16.1. The van der Waals surface area contributed by atoms with E-state index in [0.717, 1.165) is 0 Å². The lowest BCUT2D eigenvalue weighted by molar-refractivity contribution is -0.145. The number of carbonyl (C=O) groups excluding carboxylic acids is 1. The molecule has 0 aromatic rings. The first-order valence-electron chi connectivity index (χ1n) is 5.65. The summed E-state index contributed by atoms with van der Waals surface area (Å²) in [6.07, 6.45) is 1.19. The lowest BCUT2D eigenvalue weighted by Crippen LogP contribution is -2.32. The van der Waals surface area contributed by atoms with Crippen molar-refractivity contribution >= 4 is 17.9 Å². The highest BCUT2D eigenvalue weighted by molar-refractivity contribution is 5.76. The van der Waals surface area contributed by atoms with Gasteiger partial charge in [0.05, 0.1) is 6.61 Å². The Bertz CT molecular complexity index is 292. The summed E-state index contributed by atoms with van der Waals surface area (Å²) in [5, 5.41) is 15.0. The molecule has 0 aliphatic carbocycles. The molecule has 0 aromatic carbocycles. The van der Waals surface area contributed by atoms with Gasteiger partial charge in [-0.15, -0.1) is 0 Å². The first-order chi connectivity index (χ1) is 8.84. The molecular weight excluding hydrogens is 256 g/mol. The standard InChI is InChI=1S/C8H18N4O2.C2H4O3/c1-2-14-7(13)6(9)4-3-5-12-8(10)11;3-1-2(4)5/h6H,2-5,9H2,1H3,(H4,10,11,12);3H,1H2,(H,4,5)/t6-;/m0./s1. The van der Waals surface area contributed by atoms with Crippen LogP contribution in [0.1, 0.15) is 19.8 Å². The second-order valence-electron chi connectivity index (χ2n) is 3.36. The molecule has 0 amide bonds. The lowest BCUT2D eigenvalue weighted by Gasteiger charge is -2.08. The summed E-state index contributed by atoms with van der Waals surface area (Å²) < 4.78 is 4.73. The second kappa shape index (κ2) is 12.6. The fourth-order valence-corrected chi connectivity index (χ4v) is 0.887. The Morgan fingerprint density at radius 3 is 2.26 bits per heavy atom. The number of aliphatic imine (C=N–C) groups is 1. The van der Waals surface area contributed by atoms with Crippen LogP contribution in [0.25, 0.3) is 0 Å². The van der Waals surface area contributed by atoms with Crippen LogP contribution in [0.4, 0.5) is 0 Å². The van der Waals surface area contributed by atoms with Crippen LogP contribution in [0.3, 0.4) is 0 Å². The zero-order valence-electron chi connectivity index (χ0n) is 10.9. The normalized spacial score (nSPS) is 10.7. The van der Waals surface area contributed by atoms with Gasteiger partial charge < -0.3 is 32.2 Å². The van der Waals surface area contributed by atoms with Gasteiger partial charge in [-0.25, -0.2) is 4.79 Å². The van der Waals surface area contributed by atoms with E-state index in [1.165, 1.54) is 0 Å². The van der Waals surface area contributed by atoms with Gasteiger partial charge in [0.2, 0.25) is 0 Å². The number of guanidine groups is 1. The van der Waals surface area contributed by atoms with Gasteiger partial charge in [0.1, 0.15) is 12.6 Å². The molecule has 0 aliphatic heterocycles. The Labute approximate surface area is 111 Å². The number of nitrogens with two attached hydrogens (primary N) is 3. The van der Waals surface area contributed by atoms with E-state index in [-0.39, 0.29) is 11.9 Å². The molecule has 0 radical (unpaired) electrons. The van der Waals surface area contributed by atoms with Crippen LogP contribution in [-0.2, 0) is 14.3 Å². The zero-order chi connectivity index (χ0) is 15.3. The summed E-state index contributed by atoms with van der Waals surface area (Å²) in [5.41, 5.74) is 15.8. The van der Waals surface area contributed by atoms with E-state index in [4.69, 9.17) is 36.9 Å². The molecule has 0 aliphatic rings. The number of ether oxygens (including phenoxy) is 1. The molecule has 0 unspecified atom stereocenters. The summed E-state index contributed by atoms with van der Waals surface area (Å²) in [4.78, 5) is 23.9. The maximum Gasteiger partial charge on any atom is 0.329 e. The predicted molar refractivity (Wildman–Crippen MR) is 69.2 cm³/mol. The molecule has 0 spiro atoms. The average molecular weight is 278 g/mol. The van der Waals surface area contributed by atoms with Gasteiger partial charge in [0.15, 0.2) is 5.96 Å². The molecule has 8 N–H and O–H groups in total. The molecule has 1 atom stereocenters. The number of carboxylic acids is 1. The lowest BCUT2D eigenvalue weighted by atomic mass is 10.2. The largest absolute Gasteiger partial charge is 0.480 e. The molecule has 0 fully saturated rings. The fourth-order valence-electron chi connectivity index (χ4n) is 0.887. The summed E-state index contributed by atoms with van der Waals surface area (Å²) in [5.74, 6) is -1.52. The molecule has 0 bridgehead atoms. The van der Waals surface area contributed by atoms with Crippen LogP contribution in [0.2, 0.25) is 0 Å². The molecule has 9 nitrogen and oxygen atoms in total. The van der Waals surface area contributed by atoms with Crippen molar-refractivity contribution in [3.63, 3.8) is 0 Å². The molecule has 0 saturated carbocycles. The van der Waals surface area contributed by atoms with Crippen LogP contribution in [0, 0.1) is 0 Å². The SMILES string of the molecule is CCOC(=O)[C@@H](N)CCCN=C(N)N.O=C(O)CO. The minimum atomic E-state index is -1.19. The maximum absolute atomic E-state index is 11.0. The Morgan fingerprint density at radius 1 is 1.37 bits per heavy atom. The smallest absolute Gasteiger partial charge is 0.329 e. The third-order valence-electron chi connectivity index (χ3n) is 1.69. The zero-order valence-corrected chi connectivity index (χ0v) is 10.9. The molecule has 19 heavy (non-hydrogen) atoms. The van der Waals surface area contributed by atoms with E-state index < -0.39 is 18.6 Å². The summed E-state index contributed by atoms with van der Waals surface area (Å²) in [6, 6.07) is -0.579. The number of hydrogen-bond donors (Lipinski definition) is 5. The average Bonchev–Trinajstić information content (AvgIpc) is 2.35. The number of carboxylic acid groups (broad SMARTS) is 1. The number of aliphatic carboxylic acids is 1. The van der Waals surface area contributed by atoms with Crippen molar-refractivity contribution in [2.75, 3.05) is 19.8 Å². The van der Waals surface area contributed by atoms with Crippen LogP contribution < -0.4 is 17.2 Å². The van der Waals surface area contributed by atoms with Crippen molar-refractivity contribution in [1.29, 1.82) is 0 Å². The summed E-state index contributed by atoms with van der Waals surface area (Å²) in [7, 11) is 0. The van der Waals surface area contributed by atoms with Crippen molar-refractivity contribution in [1.82, 2.24) is 0 Å². The van der Waals surface area contributed by atoms with Gasteiger partial charge in [-0.1, -0.05) is 0 Å². The number of hydrogen-bond acceptors (Lipinski definition) is 6. The third-order valence-corrected chi connectivity index (χ3v) is 1.69. The minimum absolute atomic E-state index is 0.0507. The van der Waals surface area contributed by atoms with E-state index in [0.29, 0.717) is 26.0 Å². The summed E-state index contributed by atoms with van der Waals surface area (Å²) >= 11 is 0. The second-order valence-corrected chi connectivity index (χ2v) is 3.36. The predicted octanol–water partition coefficient (Wildman–Crippen LogP) is -2.01. The number of aliphatic hydroxyl groups excluding tert-OH is 1. The maximum atomic E-state index is 11.0. The summed E-state index contributed by atoms with van der Waals surface area (Å²) in [6.45, 7) is 1.79. The first-order valence-corrected chi connectivity index (χ1v) is 5.65. The highest BCUT2D eigenvalue weighted by Gasteiger charge is 2.13. The fraction of sp³-hybridized carbons (Fsp3) is 0.700. The monoisotopic (exact) mass is 278 g/mol. The number of nitrogens with zero attached hydrogens (tertiary/aromatic N) is 1. The quantitative estimate of drug-likeness (QED) is 0.154. The Morgan fingerprint density at radius 2 is 1.89 bits per heavy atom. The van der Waals surface area contributed by atoms with Crippen molar-refractivity contribution in [3.8, 4) is 0 Å². The number of rotatable bonds is 7. The Hall–Kier alpha value is -1.87. The Kier molecular flexibility index (Phi) is 12.9. The van der Waals surface area contributed by atoms with Crippen molar-refractivity contribution in [3.05, 3.63) is 0 Å². The molecule has 0 aromatic heterocycles. The number of esters is 1. The minimum Gasteiger partial charge on any atom is -0.480 e. The van der Waals surface area contributed by atoms with Gasteiger partial charge in [0, 0.05) is 6.54 Å². The topological polar surface area (TPSA) is 174 Å². The van der Waals surface area contributed by atoms with E-state index in [1.54, 1.807) is 6.92 Å². The Balaban J connectivity index is 0. The number of aliphatic hydroxyl groups is 1. The van der Waals surface area contributed by atoms with Gasteiger partial charge in [-0.2, -0.15) is 0 Å². The van der Waals surface area contributed by atoms with Crippen molar-refractivity contribution in [2.24, 2.45) is 22.2 Å². The van der Waals surface area contributed by atoms with Crippen LogP contribution in [0.5, 0.6) is 0 Å². The molecule has 9 heteroatoms. The van der Waals surface area contributed by atoms with Crippen molar-refractivity contribution < 1.29 is 24.5 Å². The van der Waals surface area contributed by atoms with Gasteiger partial charge >= 0.3 is 11.9 Å². The first kappa shape index (κ1) is 19.5. The number of carbonyl (C=O) groups is 2. The molecule has 112 valence electrons. The van der Waals surface area contributed by atoms with Gasteiger partial charge in [-0.3, -0.25) is 9.79 Å². The molecular formula is C10H22N4O5. The van der Waals surface area contributed by atoms with Crippen molar-refractivity contribution in [2.45, 2.75) is 25.8 Å². The highest BCUT2D eigenvalue weighted by Crippen LogP contribution is 1.97. The molecule has 0 rings (SSSR count). The van der Waals surface area contributed by atoms with Crippen LogP contribution >= 0.6 is 0 Å². The van der Waals surface area contributed by atoms with Crippen LogP contribution in [-0.4, -0.2) is 53.9 Å².